The Morgan fingerprint density at radius 1 is 0.756 bits per heavy atom. The number of carbonyl (C=O) groups excluding carboxylic acids is 2. The molecule has 0 spiro atoms. The topological polar surface area (TPSA) is 77.0 Å². The van der Waals surface area contributed by atoms with Crippen LogP contribution in [-0.4, -0.2) is 24.7 Å². The first-order chi connectivity index (χ1) is 20.0. The molecule has 0 unspecified atom stereocenters. The number of hydrazone groups is 1. The van der Waals surface area contributed by atoms with Crippen LogP contribution in [0.4, 0.5) is 0 Å². The smallest absolute Gasteiger partial charge is 0.343 e. The number of esters is 1. The lowest BCUT2D eigenvalue weighted by Crippen LogP contribution is -2.16. The number of nitrogens with one attached hydrogen (secondary N) is 1. The molecule has 0 atom stereocenters. The van der Waals surface area contributed by atoms with Crippen molar-refractivity contribution in [1.82, 2.24) is 5.43 Å². The third-order valence-electron chi connectivity index (χ3n) is 6.96. The van der Waals surface area contributed by atoms with Crippen molar-refractivity contribution in [2.24, 2.45) is 5.10 Å². The highest BCUT2D eigenvalue weighted by Gasteiger charge is 2.13. The van der Waals surface area contributed by atoms with Crippen LogP contribution in [0.1, 0.15) is 133 Å². The molecule has 1 N–H and O–H groups in total. The number of rotatable bonds is 22. The van der Waals surface area contributed by atoms with Gasteiger partial charge in [-0.15, -0.1) is 0 Å². The molecule has 0 aromatic heterocycles. The highest BCUT2D eigenvalue weighted by Crippen LogP contribution is 2.29. The second-order valence-corrected chi connectivity index (χ2v) is 11.0. The van der Waals surface area contributed by atoms with Crippen LogP contribution < -0.4 is 14.9 Å². The second kappa shape index (κ2) is 21.8. The molecule has 0 saturated heterocycles. The number of unbranched alkanes of at least 4 members (excludes halogenated alkanes) is 14. The summed E-state index contributed by atoms with van der Waals surface area (Å²) in [6.45, 7) is 4.52. The zero-order chi connectivity index (χ0) is 29.5. The maximum absolute atomic E-state index is 12.5. The lowest BCUT2D eigenvalue weighted by molar-refractivity contribution is -0.121. The molecule has 0 aliphatic rings. The van der Waals surface area contributed by atoms with Gasteiger partial charge in [-0.05, 0) is 61.4 Å². The van der Waals surface area contributed by atoms with E-state index in [1.807, 2.05) is 6.92 Å². The minimum Gasteiger partial charge on any atom is -0.490 e. The van der Waals surface area contributed by atoms with Gasteiger partial charge in [0.1, 0.15) is 0 Å². The number of halogens is 1. The van der Waals surface area contributed by atoms with E-state index < -0.39 is 5.97 Å². The Kier molecular flexibility index (Phi) is 18.3. The second-order valence-electron chi connectivity index (χ2n) is 10.5. The van der Waals surface area contributed by atoms with Gasteiger partial charge >= 0.3 is 5.97 Å². The summed E-state index contributed by atoms with van der Waals surface area (Å²) in [6, 6.07) is 11.6. The van der Waals surface area contributed by atoms with E-state index in [1.54, 1.807) is 48.7 Å². The summed E-state index contributed by atoms with van der Waals surface area (Å²) >= 11 is 5.89. The van der Waals surface area contributed by atoms with E-state index in [0.717, 1.165) is 12.8 Å². The Hall–Kier alpha value is -2.86. The van der Waals surface area contributed by atoms with Gasteiger partial charge in [-0.2, -0.15) is 5.10 Å². The normalized spacial score (nSPS) is 11.1. The molecule has 0 radical (unpaired) electrons. The number of carbonyl (C=O) groups is 2. The minimum atomic E-state index is -0.505. The highest BCUT2D eigenvalue weighted by atomic mass is 35.5. The summed E-state index contributed by atoms with van der Waals surface area (Å²) in [5, 5.41) is 4.62. The number of amides is 1. The summed E-state index contributed by atoms with van der Waals surface area (Å²) in [5.74, 6) is 0.133. The third kappa shape index (κ3) is 15.6. The van der Waals surface area contributed by atoms with Gasteiger partial charge in [-0.1, -0.05) is 108 Å². The molecule has 1 amide bonds. The standard InChI is InChI=1S/C34H49ClN2O4/c1-3-5-6-7-8-9-10-11-12-13-14-15-16-17-18-19-33(38)37-36-27-28-20-25-31(32(26-28)40-4-2)41-34(39)29-21-23-30(35)24-22-29/h20-27H,3-19H2,1-2H3,(H,37,38)/b36-27+. The predicted molar refractivity (Wildman–Crippen MR) is 169 cm³/mol. The molecule has 0 aliphatic heterocycles. The van der Waals surface area contributed by atoms with Crippen LogP contribution in [0, 0.1) is 0 Å². The lowest BCUT2D eigenvalue weighted by Gasteiger charge is -2.11. The lowest BCUT2D eigenvalue weighted by atomic mass is 10.0. The molecule has 7 heteroatoms. The molecular weight excluding hydrogens is 536 g/mol. The van der Waals surface area contributed by atoms with Crippen LogP contribution in [0.3, 0.4) is 0 Å². The molecule has 0 aliphatic carbocycles. The van der Waals surface area contributed by atoms with Crippen LogP contribution in [0.15, 0.2) is 47.6 Å². The Labute approximate surface area is 252 Å². The van der Waals surface area contributed by atoms with Gasteiger partial charge in [0.25, 0.3) is 0 Å². The number of nitrogens with zero attached hydrogens (tertiary/aromatic N) is 1. The fourth-order valence-corrected chi connectivity index (χ4v) is 4.72. The largest absolute Gasteiger partial charge is 0.490 e. The average molecular weight is 585 g/mol. The molecule has 0 heterocycles. The molecule has 0 bridgehead atoms. The van der Waals surface area contributed by atoms with Crippen LogP contribution in [0.5, 0.6) is 11.5 Å². The first-order valence-electron chi connectivity index (χ1n) is 15.6. The van der Waals surface area contributed by atoms with E-state index in [1.165, 1.54) is 83.5 Å². The highest BCUT2D eigenvalue weighted by molar-refractivity contribution is 6.30. The molecule has 0 fully saturated rings. The van der Waals surface area contributed by atoms with Crippen molar-refractivity contribution in [3.8, 4) is 11.5 Å². The van der Waals surface area contributed by atoms with Crippen molar-refractivity contribution in [2.75, 3.05) is 6.61 Å². The van der Waals surface area contributed by atoms with E-state index in [0.29, 0.717) is 40.7 Å². The quantitative estimate of drug-likeness (QED) is 0.0491. The molecular formula is C34H49ClN2O4. The molecule has 2 aromatic rings. The van der Waals surface area contributed by atoms with Gasteiger partial charge in [-0.25, -0.2) is 10.2 Å². The Balaban J connectivity index is 1.58. The van der Waals surface area contributed by atoms with Crippen molar-refractivity contribution >= 4 is 29.7 Å². The summed E-state index contributed by atoms with van der Waals surface area (Å²) in [7, 11) is 0. The predicted octanol–water partition coefficient (Wildman–Crippen LogP) is 9.67. The number of ether oxygens (including phenoxy) is 2. The van der Waals surface area contributed by atoms with Gasteiger partial charge < -0.3 is 9.47 Å². The van der Waals surface area contributed by atoms with Crippen molar-refractivity contribution < 1.29 is 19.1 Å². The van der Waals surface area contributed by atoms with Crippen molar-refractivity contribution in [3.63, 3.8) is 0 Å². The van der Waals surface area contributed by atoms with Gasteiger partial charge in [0.15, 0.2) is 11.5 Å². The SMILES string of the molecule is CCCCCCCCCCCCCCCCCC(=O)N/N=C/c1ccc(OC(=O)c2ccc(Cl)cc2)c(OCC)c1. The van der Waals surface area contributed by atoms with Crippen LogP contribution >= 0.6 is 11.6 Å². The molecule has 2 aromatic carbocycles. The minimum absolute atomic E-state index is 0.0884. The van der Waals surface area contributed by atoms with Crippen LogP contribution in [-0.2, 0) is 4.79 Å². The fourth-order valence-electron chi connectivity index (χ4n) is 4.59. The monoisotopic (exact) mass is 584 g/mol. The molecule has 226 valence electrons. The Morgan fingerprint density at radius 3 is 1.88 bits per heavy atom. The molecule has 6 nitrogen and oxygen atoms in total. The Bertz CT molecular complexity index is 1040. The van der Waals surface area contributed by atoms with Gasteiger partial charge in [0.05, 0.1) is 18.4 Å². The van der Waals surface area contributed by atoms with Gasteiger partial charge in [0.2, 0.25) is 5.91 Å². The summed E-state index contributed by atoms with van der Waals surface area (Å²) in [4.78, 5) is 24.6. The van der Waals surface area contributed by atoms with E-state index in [4.69, 9.17) is 21.1 Å². The number of hydrogen-bond acceptors (Lipinski definition) is 5. The Morgan fingerprint density at radius 2 is 1.32 bits per heavy atom. The van der Waals surface area contributed by atoms with Gasteiger partial charge in [0, 0.05) is 11.4 Å². The first kappa shape index (κ1) is 34.3. The molecule has 2 rings (SSSR count). The molecule has 0 saturated carbocycles. The average Bonchev–Trinajstić information content (AvgIpc) is 2.97. The van der Waals surface area contributed by atoms with E-state index >= 15 is 0 Å². The van der Waals surface area contributed by atoms with Crippen LogP contribution in [0.2, 0.25) is 5.02 Å². The van der Waals surface area contributed by atoms with E-state index in [9.17, 15) is 9.59 Å². The fraction of sp³-hybridized carbons (Fsp3) is 0.559. The zero-order valence-corrected chi connectivity index (χ0v) is 25.9. The van der Waals surface area contributed by atoms with Crippen molar-refractivity contribution in [2.45, 2.75) is 117 Å². The van der Waals surface area contributed by atoms with Gasteiger partial charge in [-0.3, -0.25) is 4.79 Å². The maximum Gasteiger partial charge on any atom is 0.343 e. The third-order valence-corrected chi connectivity index (χ3v) is 7.21. The maximum atomic E-state index is 12.5. The number of hydrogen-bond donors (Lipinski definition) is 1. The summed E-state index contributed by atoms with van der Waals surface area (Å²) in [5.41, 5.74) is 3.70. The summed E-state index contributed by atoms with van der Waals surface area (Å²) < 4.78 is 11.2. The first-order valence-corrected chi connectivity index (χ1v) is 16.0. The van der Waals surface area contributed by atoms with E-state index in [2.05, 4.69) is 17.5 Å². The molecule has 41 heavy (non-hydrogen) atoms. The van der Waals surface area contributed by atoms with Crippen molar-refractivity contribution in [1.29, 1.82) is 0 Å². The number of benzene rings is 2. The van der Waals surface area contributed by atoms with Crippen LogP contribution in [0.25, 0.3) is 0 Å². The zero-order valence-electron chi connectivity index (χ0n) is 25.1. The van der Waals surface area contributed by atoms with Crippen molar-refractivity contribution in [3.05, 3.63) is 58.6 Å². The van der Waals surface area contributed by atoms with E-state index in [-0.39, 0.29) is 5.91 Å². The summed E-state index contributed by atoms with van der Waals surface area (Å²) in [6.07, 6.45) is 21.5.